The van der Waals surface area contributed by atoms with Gasteiger partial charge in [0, 0.05) is 12.1 Å². The third-order valence-corrected chi connectivity index (χ3v) is 4.88. The molecule has 0 amide bonds. The Morgan fingerprint density at radius 3 is 2.26 bits per heavy atom. The molecular formula is C15H22N2OSi. The van der Waals surface area contributed by atoms with Crippen LogP contribution in [-0.4, -0.2) is 19.7 Å². The summed E-state index contributed by atoms with van der Waals surface area (Å²) in [6, 6.07) is 10.2. The maximum absolute atomic E-state index is 11.9. The summed E-state index contributed by atoms with van der Waals surface area (Å²) in [5.41, 5.74) is 1.85. The Balaban J connectivity index is 2.34. The van der Waals surface area contributed by atoms with Gasteiger partial charge in [-0.1, -0.05) is 18.2 Å². The zero-order valence-corrected chi connectivity index (χ0v) is 13.0. The number of hydrogen-bond donors (Lipinski definition) is 0. The number of carbonyl (C=O) groups excluding carboxylic acids is 1. The fourth-order valence-electron chi connectivity index (χ4n) is 2.25. The van der Waals surface area contributed by atoms with E-state index in [1.807, 2.05) is 18.2 Å². The molecule has 4 heteroatoms. The Labute approximate surface area is 116 Å². The lowest BCUT2D eigenvalue weighted by Crippen LogP contribution is -2.44. The van der Waals surface area contributed by atoms with Crippen molar-refractivity contribution in [2.75, 3.05) is 4.67 Å². The predicted molar refractivity (Wildman–Crippen MR) is 83.2 cm³/mol. The second kappa shape index (κ2) is 5.69. The minimum absolute atomic E-state index is 0.227. The lowest BCUT2D eigenvalue weighted by atomic mass is 9.97. The number of anilines is 1. The number of nitrogens with zero attached hydrogens (tertiary/aromatic N) is 2. The van der Waals surface area contributed by atoms with E-state index in [0.717, 1.165) is 30.7 Å². The van der Waals surface area contributed by atoms with E-state index < -0.39 is 8.24 Å². The molecule has 0 spiro atoms. The van der Waals surface area contributed by atoms with Crippen molar-refractivity contribution < 1.29 is 4.79 Å². The van der Waals surface area contributed by atoms with Crippen molar-refractivity contribution in [2.24, 2.45) is 5.10 Å². The van der Waals surface area contributed by atoms with Crippen LogP contribution in [-0.2, 0) is 4.79 Å². The summed E-state index contributed by atoms with van der Waals surface area (Å²) in [6.45, 7) is 6.74. The molecule has 0 radical (unpaired) electrons. The zero-order chi connectivity index (χ0) is 13.9. The van der Waals surface area contributed by atoms with E-state index in [4.69, 9.17) is 5.10 Å². The van der Waals surface area contributed by atoms with Gasteiger partial charge in [-0.15, -0.1) is 0 Å². The Bertz CT molecular complexity index is 477. The van der Waals surface area contributed by atoms with Crippen LogP contribution in [0.5, 0.6) is 0 Å². The number of carbonyl (C=O) groups is 1. The number of hydrazone groups is 1. The maximum Gasteiger partial charge on any atom is 0.178 e. The summed E-state index contributed by atoms with van der Waals surface area (Å²) in [7, 11) is -1.65. The summed E-state index contributed by atoms with van der Waals surface area (Å²) in [6.07, 6.45) is 3.58. The van der Waals surface area contributed by atoms with Gasteiger partial charge in [-0.2, -0.15) is 5.10 Å². The number of ketones is 1. The molecule has 1 aliphatic rings. The lowest BCUT2D eigenvalue weighted by molar-refractivity contribution is -0.113. The van der Waals surface area contributed by atoms with Crippen molar-refractivity contribution in [3.05, 3.63) is 30.3 Å². The molecule has 19 heavy (non-hydrogen) atoms. The molecule has 1 aromatic carbocycles. The van der Waals surface area contributed by atoms with Crippen molar-refractivity contribution in [1.29, 1.82) is 0 Å². The van der Waals surface area contributed by atoms with E-state index in [-0.39, 0.29) is 5.78 Å². The molecule has 0 saturated heterocycles. The monoisotopic (exact) mass is 274 g/mol. The number of Topliss-reactive ketones (excluding diaryl/α,β-unsaturated/α-hetero) is 1. The second-order valence-corrected chi connectivity index (χ2v) is 10.8. The maximum atomic E-state index is 11.9. The van der Waals surface area contributed by atoms with Gasteiger partial charge in [-0.25, -0.2) is 0 Å². The molecule has 0 aliphatic heterocycles. The highest BCUT2D eigenvalue weighted by atomic mass is 28.3. The van der Waals surface area contributed by atoms with Crippen molar-refractivity contribution in [3.8, 4) is 0 Å². The largest absolute Gasteiger partial charge is 0.295 e. The first-order chi connectivity index (χ1) is 8.98. The Morgan fingerprint density at radius 2 is 1.68 bits per heavy atom. The van der Waals surface area contributed by atoms with Gasteiger partial charge < -0.3 is 0 Å². The molecule has 0 atom stereocenters. The highest BCUT2D eigenvalue weighted by Crippen LogP contribution is 2.23. The SMILES string of the molecule is C[Si](C)(C)N(N=C1CCCCC1=O)c1ccccc1. The van der Waals surface area contributed by atoms with Crippen molar-refractivity contribution in [3.63, 3.8) is 0 Å². The Kier molecular flexibility index (Phi) is 4.19. The molecule has 3 nitrogen and oxygen atoms in total. The summed E-state index contributed by atoms with van der Waals surface area (Å²) in [4.78, 5) is 11.9. The smallest absolute Gasteiger partial charge is 0.178 e. The second-order valence-electron chi connectivity index (χ2n) is 6.00. The Hall–Kier alpha value is -1.42. The highest BCUT2D eigenvalue weighted by molar-refractivity contribution is 6.79. The minimum Gasteiger partial charge on any atom is -0.295 e. The van der Waals surface area contributed by atoms with Gasteiger partial charge >= 0.3 is 0 Å². The molecule has 0 unspecified atom stereocenters. The van der Waals surface area contributed by atoms with Crippen LogP contribution >= 0.6 is 0 Å². The van der Waals surface area contributed by atoms with Crippen LogP contribution in [0.25, 0.3) is 0 Å². The molecule has 1 fully saturated rings. The zero-order valence-electron chi connectivity index (χ0n) is 12.0. The summed E-state index contributed by atoms with van der Waals surface area (Å²) < 4.78 is 2.10. The molecular weight excluding hydrogens is 252 g/mol. The first-order valence-corrected chi connectivity index (χ1v) is 10.4. The van der Waals surface area contributed by atoms with Gasteiger partial charge in [0.1, 0.15) is 5.71 Å². The van der Waals surface area contributed by atoms with E-state index in [1.165, 1.54) is 0 Å². The standard InChI is InChI=1S/C15H22N2OSi/c1-19(2,3)17(13-9-5-4-6-10-13)16-14-11-7-8-12-15(14)18/h4-6,9-10H,7-8,11-12H2,1-3H3. The first-order valence-electron chi connectivity index (χ1n) is 6.94. The average Bonchev–Trinajstić information content (AvgIpc) is 2.37. The minimum atomic E-state index is -1.65. The molecule has 2 rings (SSSR count). The van der Waals surface area contributed by atoms with Gasteiger partial charge in [-0.3, -0.25) is 9.47 Å². The summed E-state index contributed by atoms with van der Waals surface area (Å²) in [5.74, 6) is 0.227. The van der Waals surface area contributed by atoms with Crippen LogP contribution in [0.3, 0.4) is 0 Å². The van der Waals surface area contributed by atoms with Crippen molar-refractivity contribution in [1.82, 2.24) is 0 Å². The fraction of sp³-hybridized carbons (Fsp3) is 0.467. The number of benzene rings is 1. The Morgan fingerprint density at radius 1 is 1.05 bits per heavy atom. The first kappa shape index (κ1) is 14.0. The quantitative estimate of drug-likeness (QED) is 0.620. The van der Waals surface area contributed by atoms with Crippen LogP contribution in [0.2, 0.25) is 19.6 Å². The van der Waals surface area contributed by atoms with Gasteiger partial charge in [0.05, 0.1) is 0 Å². The van der Waals surface area contributed by atoms with Crippen LogP contribution in [0.1, 0.15) is 25.7 Å². The summed E-state index contributed by atoms with van der Waals surface area (Å²) in [5, 5.41) is 4.72. The number of para-hydroxylation sites is 1. The molecule has 0 N–H and O–H groups in total. The molecule has 1 aliphatic carbocycles. The van der Waals surface area contributed by atoms with Gasteiger partial charge in [0.25, 0.3) is 0 Å². The van der Waals surface area contributed by atoms with Crippen LogP contribution < -0.4 is 4.67 Å². The molecule has 1 aromatic rings. The van der Waals surface area contributed by atoms with Crippen LogP contribution in [0.4, 0.5) is 5.69 Å². The fourth-order valence-corrected chi connectivity index (χ4v) is 3.60. The molecule has 0 aromatic heterocycles. The lowest BCUT2D eigenvalue weighted by Gasteiger charge is -2.32. The van der Waals surface area contributed by atoms with E-state index in [2.05, 4.69) is 36.4 Å². The molecule has 0 bridgehead atoms. The van der Waals surface area contributed by atoms with Crippen molar-refractivity contribution in [2.45, 2.75) is 45.3 Å². The number of rotatable bonds is 3. The molecule has 0 heterocycles. The number of hydrogen-bond acceptors (Lipinski definition) is 3. The van der Waals surface area contributed by atoms with E-state index in [1.54, 1.807) is 0 Å². The van der Waals surface area contributed by atoms with E-state index in [9.17, 15) is 4.79 Å². The predicted octanol–water partition coefficient (Wildman–Crippen LogP) is 3.83. The molecule has 102 valence electrons. The third-order valence-electron chi connectivity index (χ3n) is 3.25. The van der Waals surface area contributed by atoms with Crippen LogP contribution in [0, 0.1) is 0 Å². The highest BCUT2D eigenvalue weighted by Gasteiger charge is 2.27. The topological polar surface area (TPSA) is 32.7 Å². The molecule has 1 saturated carbocycles. The van der Waals surface area contributed by atoms with E-state index in [0.29, 0.717) is 6.42 Å². The van der Waals surface area contributed by atoms with Crippen molar-refractivity contribution >= 4 is 25.4 Å². The van der Waals surface area contributed by atoms with Gasteiger partial charge in [-0.05, 0) is 51.0 Å². The third kappa shape index (κ3) is 3.53. The normalized spacial score (nSPS) is 18.7. The average molecular weight is 274 g/mol. The van der Waals surface area contributed by atoms with Crippen LogP contribution in [0.15, 0.2) is 35.4 Å². The summed E-state index contributed by atoms with van der Waals surface area (Å²) >= 11 is 0. The van der Waals surface area contributed by atoms with Gasteiger partial charge in [0.15, 0.2) is 14.0 Å². The van der Waals surface area contributed by atoms with Gasteiger partial charge in [0.2, 0.25) is 0 Å². The van der Waals surface area contributed by atoms with E-state index >= 15 is 0 Å².